The molecule has 1 atom stereocenters. The number of unbranched alkanes of at least 4 members (excludes halogenated alkanes) is 1. The summed E-state index contributed by atoms with van der Waals surface area (Å²) in [6.45, 7) is 10.1. The quantitative estimate of drug-likeness (QED) is 0.0195. The second kappa shape index (κ2) is 16.1. The largest absolute Gasteiger partial charge is 0.506 e. The van der Waals surface area contributed by atoms with E-state index < -0.39 is 21.2 Å². The van der Waals surface area contributed by atoms with E-state index in [9.17, 15) is 27.7 Å². The summed E-state index contributed by atoms with van der Waals surface area (Å²) in [5.74, 6) is -0.461. The fraction of sp³-hybridized carbons (Fsp3) is 0.424. The maximum atomic E-state index is 13.3. The van der Waals surface area contributed by atoms with Crippen molar-refractivity contribution in [3.8, 4) is 5.75 Å². The Balaban J connectivity index is 1.78. The average Bonchev–Trinajstić information content (AvgIpc) is 3.28. The van der Waals surface area contributed by atoms with Crippen LogP contribution in [0.1, 0.15) is 70.9 Å². The molecule has 48 heavy (non-hydrogen) atoms. The molecule has 260 valence electrons. The Morgan fingerprint density at radius 1 is 1.12 bits per heavy atom. The van der Waals surface area contributed by atoms with E-state index in [0.29, 0.717) is 42.4 Å². The van der Waals surface area contributed by atoms with Crippen LogP contribution < -0.4 is 15.8 Å². The van der Waals surface area contributed by atoms with Gasteiger partial charge in [-0.1, -0.05) is 18.4 Å². The summed E-state index contributed by atoms with van der Waals surface area (Å²) in [6, 6.07) is 9.76. The van der Waals surface area contributed by atoms with Crippen LogP contribution >= 0.6 is 12.0 Å². The van der Waals surface area contributed by atoms with Crippen LogP contribution in [-0.2, 0) is 29.7 Å². The van der Waals surface area contributed by atoms with Crippen molar-refractivity contribution in [3.05, 3.63) is 64.0 Å². The number of carbonyl (C=O) groups excluding carboxylic acids is 1. The molecule has 0 aliphatic carbocycles. The normalized spacial score (nSPS) is 16.2. The summed E-state index contributed by atoms with van der Waals surface area (Å²) in [4.78, 5) is 27.6. The van der Waals surface area contributed by atoms with Gasteiger partial charge in [-0.05, 0) is 64.0 Å². The van der Waals surface area contributed by atoms with Gasteiger partial charge in [-0.15, -0.1) is 4.33 Å². The molecule has 1 amide bonds. The number of amides is 1. The van der Waals surface area contributed by atoms with Crippen molar-refractivity contribution < 1.29 is 46.5 Å². The molecule has 0 bridgehead atoms. The molecule has 1 unspecified atom stereocenters. The second-order valence-corrected chi connectivity index (χ2v) is 13.7. The van der Waals surface area contributed by atoms with Crippen LogP contribution in [0.2, 0.25) is 0 Å². The highest BCUT2D eigenvalue weighted by Gasteiger charge is 2.47. The summed E-state index contributed by atoms with van der Waals surface area (Å²) in [5, 5.41) is 26.0. The molecular weight excluding hydrogens is 663 g/mol. The van der Waals surface area contributed by atoms with E-state index in [1.807, 2.05) is 38.3 Å². The van der Waals surface area contributed by atoms with Crippen molar-refractivity contribution in [2.24, 2.45) is 0 Å². The highest BCUT2D eigenvalue weighted by Crippen LogP contribution is 2.45. The van der Waals surface area contributed by atoms with Gasteiger partial charge in [-0.2, -0.15) is 13.0 Å². The summed E-state index contributed by atoms with van der Waals surface area (Å²) in [6.07, 6.45) is 5.81. The molecule has 4 N–H and O–H groups in total. The van der Waals surface area contributed by atoms with Gasteiger partial charge in [0.25, 0.3) is 10.1 Å². The molecule has 0 saturated heterocycles. The third-order valence-electron chi connectivity index (χ3n) is 8.66. The van der Waals surface area contributed by atoms with E-state index in [-0.39, 0.29) is 40.0 Å². The maximum absolute atomic E-state index is 13.3. The van der Waals surface area contributed by atoms with Crippen LogP contribution in [0, 0.1) is 0 Å². The van der Waals surface area contributed by atoms with Crippen molar-refractivity contribution in [1.29, 1.82) is 0 Å². The Morgan fingerprint density at radius 3 is 2.54 bits per heavy atom. The molecule has 2 heterocycles. The number of hydrogen-bond donors (Lipinski definition) is 4. The minimum absolute atomic E-state index is 0.0380. The highest BCUT2D eigenvalue weighted by molar-refractivity contribution is 7.94. The maximum Gasteiger partial charge on any atom is 0.347 e. The van der Waals surface area contributed by atoms with Gasteiger partial charge in [-0.25, -0.2) is 10.1 Å². The highest BCUT2D eigenvalue weighted by atomic mass is 32.2. The number of allylic oxidation sites excluding steroid dienone is 1. The number of anilines is 1. The smallest absolute Gasteiger partial charge is 0.347 e. The van der Waals surface area contributed by atoms with Crippen LogP contribution in [-0.4, -0.2) is 65.0 Å². The first-order valence-electron chi connectivity index (χ1n) is 15.8. The van der Waals surface area contributed by atoms with E-state index in [1.54, 1.807) is 24.3 Å². The minimum atomic E-state index is -4.52. The van der Waals surface area contributed by atoms with E-state index >= 15 is 0 Å². The van der Waals surface area contributed by atoms with Crippen molar-refractivity contribution in [2.45, 2.75) is 70.1 Å². The van der Waals surface area contributed by atoms with Gasteiger partial charge >= 0.3 is 5.63 Å². The molecule has 1 aromatic heterocycles. The lowest BCUT2D eigenvalue weighted by Gasteiger charge is -2.23. The summed E-state index contributed by atoms with van der Waals surface area (Å²) < 4.78 is 46.2. The lowest BCUT2D eigenvalue weighted by atomic mass is 9.75. The number of benzene rings is 2. The van der Waals surface area contributed by atoms with Crippen LogP contribution in [0.5, 0.6) is 5.75 Å². The number of nitrogens with one attached hydrogen (secondary N) is 1. The zero-order valence-corrected chi connectivity index (χ0v) is 29.0. The molecular formula is C33H42N3O10S2+. The van der Waals surface area contributed by atoms with Crippen LogP contribution in [0.3, 0.4) is 0 Å². The number of nitrogens with zero attached hydrogens (tertiary/aromatic N) is 2. The Kier molecular flexibility index (Phi) is 12.5. The molecule has 0 radical (unpaired) electrons. The number of fused-ring (bicyclic) bond motifs is 2. The van der Waals surface area contributed by atoms with Crippen molar-refractivity contribution in [2.75, 3.05) is 30.4 Å². The molecule has 1 aliphatic rings. The first kappa shape index (κ1) is 37.1. The average molecular weight is 705 g/mol. The number of hydrogen-bond acceptors (Lipinski definition) is 11. The van der Waals surface area contributed by atoms with Gasteiger partial charge < -0.3 is 19.7 Å². The second-order valence-electron chi connectivity index (χ2n) is 11.6. The minimum Gasteiger partial charge on any atom is -0.506 e. The SMILES string of the molecule is CCCC[N+]1=C(/C=C/c2c(O)c3ccc(N(CC)CC)cc3oc2=O)C(C)(CCCC(=O)NCSOOO)c2cc(S(=O)(=O)O)ccc21. The first-order chi connectivity index (χ1) is 22.9. The van der Waals surface area contributed by atoms with Crippen molar-refractivity contribution in [1.82, 2.24) is 5.32 Å². The van der Waals surface area contributed by atoms with Crippen LogP contribution in [0.15, 0.2) is 56.6 Å². The molecule has 0 fully saturated rings. The first-order valence-corrected chi connectivity index (χ1v) is 18.1. The van der Waals surface area contributed by atoms with E-state index in [2.05, 4.69) is 19.6 Å². The van der Waals surface area contributed by atoms with E-state index in [0.717, 1.165) is 43.0 Å². The molecule has 0 spiro atoms. The summed E-state index contributed by atoms with van der Waals surface area (Å²) in [5.41, 5.74) is 1.60. The zero-order valence-electron chi connectivity index (χ0n) is 27.4. The molecule has 0 saturated carbocycles. The molecule has 1 aliphatic heterocycles. The molecule has 15 heteroatoms. The number of aromatic hydroxyl groups is 1. The van der Waals surface area contributed by atoms with Crippen LogP contribution in [0.25, 0.3) is 17.0 Å². The Hall–Kier alpha value is -3.73. The molecule has 4 rings (SSSR count). The monoisotopic (exact) mass is 704 g/mol. The lowest BCUT2D eigenvalue weighted by molar-refractivity contribution is -0.438. The van der Waals surface area contributed by atoms with E-state index in [4.69, 9.17) is 9.67 Å². The third kappa shape index (κ3) is 8.10. The number of rotatable bonds is 17. The van der Waals surface area contributed by atoms with E-state index in [1.165, 1.54) is 18.2 Å². The topological polar surface area (TPSA) is 179 Å². The van der Waals surface area contributed by atoms with Crippen molar-refractivity contribution >= 4 is 62.2 Å². The molecule has 2 aromatic carbocycles. The summed E-state index contributed by atoms with van der Waals surface area (Å²) in [7, 11) is -4.52. The van der Waals surface area contributed by atoms with Gasteiger partial charge in [0.1, 0.15) is 23.4 Å². The lowest BCUT2D eigenvalue weighted by Crippen LogP contribution is -2.32. The van der Waals surface area contributed by atoms with Gasteiger partial charge in [0.15, 0.2) is 5.71 Å². The predicted octanol–water partition coefficient (Wildman–Crippen LogP) is 5.77. The predicted molar refractivity (Wildman–Crippen MR) is 184 cm³/mol. The Bertz CT molecular complexity index is 1870. The molecule has 13 nitrogen and oxygen atoms in total. The van der Waals surface area contributed by atoms with Crippen molar-refractivity contribution in [3.63, 3.8) is 0 Å². The van der Waals surface area contributed by atoms with Gasteiger partial charge in [-0.3, -0.25) is 9.35 Å². The Labute approximate surface area is 283 Å². The molecule has 3 aromatic rings. The number of carbonyl (C=O) groups is 1. The van der Waals surface area contributed by atoms with Crippen LogP contribution in [0.4, 0.5) is 11.4 Å². The fourth-order valence-corrected chi connectivity index (χ4v) is 6.96. The van der Waals surface area contributed by atoms with Gasteiger partial charge in [0.2, 0.25) is 11.6 Å². The van der Waals surface area contributed by atoms with Gasteiger partial charge in [0.05, 0.1) is 33.6 Å². The van der Waals surface area contributed by atoms with Gasteiger partial charge in [0, 0.05) is 55.4 Å². The zero-order chi connectivity index (χ0) is 35.1. The fourth-order valence-electron chi connectivity index (χ4n) is 6.14. The standard InChI is InChI=1S/C33H41N3O10S2/c1-5-8-18-36-27-15-12-23(48(41,42)43)20-26(27)33(4,17-9-10-30(37)34-21-47-46-45-40)29(36)16-14-25-31(38)24-13-11-22(35(6-2)7-3)19-28(24)44-32(25)39/h11-16,19-20H,5-10,17-18,21H2,1-4H3,(H3,34,37,40,41,42,43)/p+1. The third-order valence-corrected chi connectivity index (χ3v) is 9.93. The Morgan fingerprint density at radius 2 is 1.88 bits per heavy atom. The summed E-state index contributed by atoms with van der Waals surface area (Å²) >= 11 is 0.693.